The number of pyridine rings is 1. The molecule has 0 aliphatic heterocycles. The predicted octanol–water partition coefficient (Wildman–Crippen LogP) is 3.91. The van der Waals surface area contributed by atoms with E-state index in [0.29, 0.717) is 11.0 Å². The van der Waals surface area contributed by atoms with Gasteiger partial charge in [0.25, 0.3) is 0 Å². The van der Waals surface area contributed by atoms with E-state index in [1.165, 1.54) is 17.3 Å². The number of aryl methyl sites for hydroxylation is 3. The van der Waals surface area contributed by atoms with E-state index in [0.717, 1.165) is 21.3 Å². The quantitative estimate of drug-likeness (QED) is 0.781. The standard InChI is InChI=1S/C13H14ClN3S/c1-7-5-8(2)15-11(6-7)18-13-9(3)12(14)16-10(4)17-13/h5-6H,1-4H3. The van der Waals surface area contributed by atoms with Gasteiger partial charge < -0.3 is 0 Å². The van der Waals surface area contributed by atoms with Crippen molar-refractivity contribution in [3.8, 4) is 0 Å². The van der Waals surface area contributed by atoms with Gasteiger partial charge in [-0.2, -0.15) is 0 Å². The second-order valence-corrected chi connectivity index (χ2v) is 5.59. The highest BCUT2D eigenvalue weighted by atomic mass is 35.5. The van der Waals surface area contributed by atoms with Crippen LogP contribution in [0.25, 0.3) is 0 Å². The molecule has 94 valence electrons. The summed E-state index contributed by atoms with van der Waals surface area (Å²) < 4.78 is 0. The number of hydrogen-bond donors (Lipinski definition) is 0. The van der Waals surface area contributed by atoms with Crippen molar-refractivity contribution in [2.45, 2.75) is 37.7 Å². The van der Waals surface area contributed by atoms with Crippen LogP contribution in [0.4, 0.5) is 0 Å². The summed E-state index contributed by atoms with van der Waals surface area (Å²) in [4.78, 5) is 13.0. The Labute approximate surface area is 116 Å². The molecule has 0 aliphatic carbocycles. The number of rotatable bonds is 2. The minimum atomic E-state index is 0.509. The Balaban J connectivity index is 2.39. The van der Waals surface area contributed by atoms with Crippen molar-refractivity contribution in [1.82, 2.24) is 15.0 Å². The Kier molecular flexibility index (Phi) is 3.88. The van der Waals surface area contributed by atoms with Crippen LogP contribution < -0.4 is 0 Å². The second kappa shape index (κ2) is 5.24. The Morgan fingerprint density at radius 3 is 2.39 bits per heavy atom. The molecule has 5 heteroatoms. The van der Waals surface area contributed by atoms with Crippen LogP contribution in [0, 0.1) is 27.7 Å². The van der Waals surface area contributed by atoms with E-state index in [1.807, 2.05) is 26.8 Å². The van der Waals surface area contributed by atoms with Crippen molar-refractivity contribution in [3.05, 3.63) is 39.9 Å². The highest BCUT2D eigenvalue weighted by Gasteiger charge is 2.10. The van der Waals surface area contributed by atoms with Crippen molar-refractivity contribution in [2.75, 3.05) is 0 Å². The normalized spacial score (nSPS) is 10.7. The largest absolute Gasteiger partial charge is 0.246 e. The molecule has 0 spiro atoms. The molecule has 2 heterocycles. The number of aromatic nitrogens is 3. The fourth-order valence-corrected chi connectivity index (χ4v) is 2.95. The average molecular weight is 280 g/mol. The minimum Gasteiger partial charge on any atom is -0.246 e. The molecular formula is C13H14ClN3S. The summed E-state index contributed by atoms with van der Waals surface area (Å²) in [7, 11) is 0. The maximum atomic E-state index is 6.06. The lowest BCUT2D eigenvalue weighted by molar-refractivity contribution is 0.933. The molecule has 0 fully saturated rings. The van der Waals surface area contributed by atoms with Crippen LogP contribution in [0.3, 0.4) is 0 Å². The topological polar surface area (TPSA) is 38.7 Å². The lowest BCUT2D eigenvalue weighted by atomic mass is 10.3. The lowest BCUT2D eigenvalue weighted by Crippen LogP contribution is -1.96. The maximum absolute atomic E-state index is 6.06. The van der Waals surface area contributed by atoms with Gasteiger partial charge in [0.2, 0.25) is 0 Å². The Bertz CT molecular complexity index is 579. The summed E-state index contributed by atoms with van der Waals surface area (Å²) in [5.41, 5.74) is 3.10. The van der Waals surface area contributed by atoms with Gasteiger partial charge in [-0.1, -0.05) is 11.6 Å². The molecule has 0 aliphatic rings. The Hall–Kier alpha value is -1.13. The van der Waals surface area contributed by atoms with Crippen molar-refractivity contribution >= 4 is 23.4 Å². The van der Waals surface area contributed by atoms with Crippen LogP contribution >= 0.6 is 23.4 Å². The molecule has 2 aromatic rings. The third-order valence-corrected chi connectivity index (χ3v) is 3.81. The van der Waals surface area contributed by atoms with E-state index < -0.39 is 0 Å². The van der Waals surface area contributed by atoms with Crippen LogP contribution in [0.1, 0.15) is 22.6 Å². The van der Waals surface area contributed by atoms with Gasteiger partial charge in [-0.25, -0.2) is 15.0 Å². The molecule has 0 atom stereocenters. The highest BCUT2D eigenvalue weighted by Crippen LogP contribution is 2.30. The first-order chi connectivity index (χ1) is 8.45. The van der Waals surface area contributed by atoms with E-state index in [4.69, 9.17) is 11.6 Å². The number of nitrogens with zero attached hydrogens (tertiary/aromatic N) is 3. The third-order valence-electron chi connectivity index (χ3n) is 2.43. The van der Waals surface area contributed by atoms with Gasteiger partial charge in [-0.3, -0.25) is 0 Å². The van der Waals surface area contributed by atoms with Crippen LogP contribution in [0.15, 0.2) is 22.2 Å². The molecule has 18 heavy (non-hydrogen) atoms. The smallest absolute Gasteiger partial charge is 0.136 e. The van der Waals surface area contributed by atoms with E-state index in [9.17, 15) is 0 Å². The SMILES string of the molecule is Cc1cc(C)nc(Sc2nc(C)nc(Cl)c2C)c1. The first-order valence-electron chi connectivity index (χ1n) is 5.59. The Morgan fingerprint density at radius 1 is 1.00 bits per heavy atom. The van der Waals surface area contributed by atoms with Crippen molar-refractivity contribution in [1.29, 1.82) is 0 Å². The van der Waals surface area contributed by atoms with Crippen LogP contribution in [-0.4, -0.2) is 15.0 Å². The van der Waals surface area contributed by atoms with Gasteiger partial charge >= 0.3 is 0 Å². The molecule has 2 rings (SSSR count). The van der Waals surface area contributed by atoms with Crippen molar-refractivity contribution < 1.29 is 0 Å². The van der Waals surface area contributed by atoms with Gasteiger partial charge in [0.05, 0.1) is 0 Å². The Morgan fingerprint density at radius 2 is 1.72 bits per heavy atom. The van der Waals surface area contributed by atoms with E-state index in [-0.39, 0.29) is 0 Å². The molecule has 2 aromatic heterocycles. The monoisotopic (exact) mass is 279 g/mol. The van der Waals surface area contributed by atoms with Crippen molar-refractivity contribution in [3.63, 3.8) is 0 Å². The molecule has 0 amide bonds. The summed E-state index contributed by atoms with van der Waals surface area (Å²) in [5.74, 6) is 0.678. The van der Waals surface area contributed by atoms with Crippen LogP contribution in [-0.2, 0) is 0 Å². The molecule has 0 N–H and O–H groups in total. The zero-order valence-electron chi connectivity index (χ0n) is 10.8. The van der Waals surface area contributed by atoms with E-state index >= 15 is 0 Å². The minimum absolute atomic E-state index is 0.509. The van der Waals surface area contributed by atoms with E-state index in [1.54, 1.807) is 0 Å². The molecule has 0 radical (unpaired) electrons. The summed E-state index contributed by atoms with van der Waals surface area (Å²) in [5, 5.41) is 2.31. The number of halogens is 1. The molecule has 3 nitrogen and oxygen atoms in total. The first-order valence-corrected chi connectivity index (χ1v) is 6.79. The molecule has 0 saturated heterocycles. The lowest BCUT2D eigenvalue weighted by Gasteiger charge is -2.07. The van der Waals surface area contributed by atoms with Crippen LogP contribution in [0.5, 0.6) is 0 Å². The maximum Gasteiger partial charge on any atom is 0.136 e. The molecule has 0 aromatic carbocycles. The second-order valence-electron chi connectivity index (χ2n) is 4.22. The molecular weight excluding hydrogens is 266 g/mol. The van der Waals surface area contributed by atoms with Gasteiger partial charge in [0.15, 0.2) is 0 Å². The van der Waals surface area contributed by atoms with Gasteiger partial charge in [0, 0.05) is 11.3 Å². The molecule has 0 bridgehead atoms. The van der Waals surface area contributed by atoms with Crippen LogP contribution in [0.2, 0.25) is 5.15 Å². The molecule has 0 saturated carbocycles. The number of hydrogen-bond acceptors (Lipinski definition) is 4. The first kappa shape index (κ1) is 13.3. The molecule has 0 unspecified atom stereocenters. The fraction of sp³-hybridized carbons (Fsp3) is 0.308. The predicted molar refractivity (Wildman–Crippen MR) is 74.4 cm³/mol. The highest BCUT2D eigenvalue weighted by molar-refractivity contribution is 7.99. The summed E-state index contributed by atoms with van der Waals surface area (Å²) in [6, 6.07) is 4.09. The average Bonchev–Trinajstić information content (AvgIpc) is 2.23. The van der Waals surface area contributed by atoms with Gasteiger partial charge in [0.1, 0.15) is 21.0 Å². The zero-order valence-corrected chi connectivity index (χ0v) is 12.4. The van der Waals surface area contributed by atoms with Crippen molar-refractivity contribution in [2.24, 2.45) is 0 Å². The third kappa shape index (κ3) is 3.00. The summed E-state index contributed by atoms with van der Waals surface area (Å²) in [6.07, 6.45) is 0. The zero-order chi connectivity index (χ0) is 13.3. The van der Waals surface area contributed by atoms with Gasteiger partial charge in [-0.05, 0) is 57.2 Å². The fourth-order valence-electron chi connectivity index (χ4n) is 1.62. The summed E-state index contributed by atoms with van der Waals surface area (Å²) >= 11 is 7.59. The van der Waals surface area contributed by atoms with E-state index in [2.05, 4.69) is 27.9 Å². The van der Waals surface area contributed by atoms with Gasteiger partial charge in [-0.15, -0.1) is 0 Å². The summed E-state index contributed by atoms with van der Waals surface area (Å²) in [6.45, 7) is 7.81.